The van der Waals surface area contributed by atoms with Crippen molar-refractivity contribution < 1.29 is 24.6 Å². The monoisotopic (exact) mass is 297 g/mol. The van der Waals surface area contributed by atoms with Gasteiger partial charge < -0.3 is 20.4 Å². The standard InChI is InChI=1S/C13H19N3O5/c1-7(5-14)3-10(13(20)21)15-12(19)11-4-9(18)6-16(11)8(2)17/h7,9-11,18H,3-4,6H2,1-2H3,(H,15,19)(H,20,21)/t7-,9+,10-,11-/m0/s1. The Kier molecular flexibility index (Phi) is 5.67. The molecule has 0 spiro atoms. The highest BCUT2D eigenvalue weighted by Crippen LogP contribution is 2.18. The second-order valence-corrected chi connectivity index (χ2v) is 5.24. The molecule has 8 heteroatoms. The smallest absolute Gasteiger partial charge is 0.326 e. The van der Waals surface area contributed by atoms with Crippen LogP contribution in [0.15, 0.2) is 0 Å². The summed E-state index contributed by atoms with van der Waals surface area (Å²) in [5, 5.41) is 29.7. The minimum atomic E-state index is -1.24. The van der Waals surface area contributed by atoms with Gasteiger partial charge in [0.1, 0.15) is 12.1 Å². The minimum Gasteiger partial charge on any atom is -0.480 e. The summed E-state index contributed by atoms with van der Waals surface area (Å²) in [6.45, 7) is 2.90. The van der Waals surface area contributed by atoms with Gasteiger partial charge in [-0.15, -0.1) is 0 Å². The van der Waals surface area contributed by atoms with E-state index < -0.39 is 36.0 Å². The van der Waals surface area contributed by atoms with Gasteiger partial charge in [-0.3, -0.25) is 9.59 Å². The maximum absolute atomic E-state index is 12.1. The molecule has 1 aliphatic rings. The molecule has 4 atom stereocenters. The largest absolute Gasteiger partial charge is 0.480 e. The van der Waals surface area contributed by atoms with E-state index in [9.17, 15) is 19.5 Å². The number of hydrogen-bond acceptors (Lipinski definition) is 5. The number of nitrogens with zero attached hydrogens (tertiary/aromatic N) is 2. The molecule has 0 saturated carbocycles. The highest BCUT2D eigenvalue weighted by molar-refractivity contribution is 5.90. The number of amides is 2. The van der Waals surface area contributed by atoms with Gasteiger partial charge in [0.2, 0.25) is 11.8 Å². The van der Waals surface area contributed by atoms with Crippen molar-refractivity contribution in [1.29, 1.82) is 5.26 Å². The van der Waals surface area contributed by atoms with Gasteiger partial charge in [-0.05, 0) is 13.3 Å². The Balaban J connectivity index is 2.75. The number of nitrogens with one attached hydrogen (secondary N) is 1. The van der Waals surface area contributed by atoms with Gasteiger partial charge in [0.05, 0.1) is 12.2 Å². The number of aliphatic hydroxyl groups excluding tert-OH is 1. The Morgan fingerprint density at radius 2 is 2.10 bits per heavy atom. The van der Waals surface area contributed by atoms with Crippen molar-refractivity contribution in [2.75, 3.05) is 6.54 Å². The highest BCUT2D eigenvalue weighted by Gasteiger charge is 2.38. The van der Waals surface area contributed by atoms with Crippen molar-refractivity contribution in [3.05, 3.63) is 0 Å². The normalized spacial score (nSPS) is 24.0. The average molecular weight is 297 g/mol. The number of aliphatic hydroxyl groups is 1. The van der Waals surface area contributed by atoms with Crippen molar-refractivity contribution in [2.24, 2.45) is 5.92 Å². The Bertz CT molecular complexity index is 473. The van der Waals surface area contributed by atoms with E-state index in [1.54, 1.807) is 6.92 Å². The van der Waals surface area contributed by atoms with Gasteiger partial charge in [0, 0.05) is 25.8 Å². The van der Waals surface area contributed by atoms with Crippen LogP contribution in [0.5, 0.6) is 0 Å². The third kappa shape index (κ3) is 4.43. The number of hydrogen-bond donors (Lipinski definition) is 3. The Morgan fingerprint density at radius 3 is 2.57 bits per heavy atom. The lowest BCUT2D eigenvalue weighted by molar-refractivity contribution is -0.143. The molecule has 8 nitrogen and oxygen atoms in total. The van der Waals surface area contributed by atoms with Gasteiger partial charge in [0.15, 0.2) is 0 Å². The van der Waals surface area contributed by atoms with Gasteiger partial charge in [-0.1, -0.05) is 0 Å². The van der Waals surface area contributed by atoms with Gasteiger partial charge >= 0.3 is 5.97 Å². The molecule has 0 radical (unpaired) electrons. The molecular weight excluding hydrogens is 278 g/mol. The summed E-state index contributed by atoms with van der Waals surface area (Å²) < 4.78 is 0. The number of carbonyl (C=O) groups excluding carboxylic acids is 2. The first-order chi connectivity index (χ1) is 9.76. The fourth-order valence-corrected chi connectivity index (χ4v) is 2.31. The van der Waals surface area contributed by atoms with E-state index in [0.717, 1.165) is 0 Å². The SMILES string of the molecule is CC(=O)N1C[C@H](O)C[C@H]1C(=O)N[C@@H](C[C@H](C)C#N)C(=O)O. The molecule has 1 rings (SSSR count). The maximum atomic E-state index is 12.1. The van der Waals surface area contributed by atoms with Crippen LogP contribution in [-0.4, -0.2) is 57.6 Å². The third-order valence-corrected chi connectivity index (χ3v) is 3.41. The molecule has 3 N–H and O–H groups in total. The zero-order chi connectivity index (χ0) is 16.2. The van der Waals surface area contributed by atoms with E-state index in [1.165, 1.54) is 11.8 Å². The van der Waals surface area contributed by atoms with E-state index in [2.05, 4.69) is 5.32 Å². The molecular formula is C13H19N3O5. The average Bonchev–Trinajstić information content (AvgIpc) is 2.79. The number of carboxylic acids is 1. The molecule has 1 heterocycles. The van der Waals surface area contributed by atoms with Crippen molar-refractivity contribution in [1.82, 2.24) is 10.2 Å². The number of aliphatic carboxylic acids is 1. The lowest BCUT2D eigenvalue weighted by Gasteiger charge is -2.24. The summed E-state index contributed by atoms with van der Waals surface area (Å²) in [6, 6.07) is -0.166. The maximum Gasteiger partial charge on any atom is 0.326 e. The van der Waals surface area contributed by atoms with Crippen LogP contribution in [0, 0.1) is 17.2 Å². The van der Waals surface area contributed by atoms with Gasteiger partial charge in [-0.25, -0.2) is 4.79 Å². The number of β-amino-alcohol motifs (C(OH)–C–C–N with tert-alkyl or cyclic N) is 1. The van der Waals surface area contributed by atoms with Gasteiger partial charge in [-0.2, -0.15) is 5.26 Å². The molecule has 0 aromatic carbocycles. The molecule has 1 fully saturated rings. The summed E-state index contributed by atoms with van der Waals surface area (Å²) in [5.41, 5.74) is 0. The summed E-state index contributed by atoms with van der Waals surface area (Å²) in [6.07, 6.45) is -0.746. The number of carbonyl (C=O) groups is 3. The minimum absolute atomic E-state index is 0.0209. The zero-order valence-electron chi connectivity index (χ0n) is 11.9. The molecule has 0 aromatic heterocycles. The molecule has 0 aliphatic carbocycles. The second-order valence-electron chi connectivity index (χ2n) is 5.24. The molecule has 0 bridgehead atoms. The number of nitriles is 1. The van der Waals surface area contributed by atoms with Crippen LogP contribution in [0.3, 0.4) is 0 Å². The second kappa shape index (κ2) is 7.04. The molecule has 21 heavy (non-hydrogen) atoms. The summed E-state index contributed by atoms with van der Waals surface area (Å²) in [7, 11) is 0. The van der Waals surface area contributed by atoms with E-state index >= 15 is 0 Å². The lowest BCUT2D eigenvalue weighted by atomic mass is 10.0. The zero-order valence-corrected chi connectivity index (χ0v) is 11.9. The van der Waals surface area contributed by atoms with E-state index in [0.29, 0.717) is 0 Å². The summed E-state index contributed by atoms with van der Waals surface area (Å²) >= 11 is 0. The first-order valence-corrected chi connectivity index (χ1v) is 6.64. The fraction of sp³-hybridized carbons (Fsp3) is 0.692. The van der Waals surface area contributed by atoms with Crippen molar-refractivity contribution >= 4 is 17.8 Å². The Morgan fingerprint density at radius 1 is 1.48 bits per heavy atom. The molecule has 0 unspecified atom stereocenters. The fourth-order valence-electron chi connectivity index (χ4n) is 2.31. The first-order valence-electron chi connectivity index (χ1n) is 6.64. The number of rotatable bonds is 5. The lowest BCUT2D eigenvalue weighted by Crippen LogP contribution is -2.50. The van der Waals surface area contributed by atoms with Crippen LogP contribution < -0.4 is 5.32 Å². The van der Waals surface area contributed by atoms with E-state index in [4.69, 9.17) is 10.4 Å². The van der Waals surface area contributed by atoms with Crippen LogP contribution in [0.4, 0.5) is 0 Å². The molecule has 0 aromatic rings. The van der Waals surface area contributed by atoms with Crippen molar-refractivity contribution in [3.63, 3.8) is 0 Å². The van der Waals surface area contributed by atoms with Crippen LogP contribution in [0.2, 0.25) is 0 Å². The molecule has 1 aliphatic heterocycles. The topological polar surface area (TPSA) is 131 Å². The Labute approximate surface area is 122 Å². The van der Waals surface area contributed by atoms with Crippen molar-refractivity contribution in [2.45, 2.75) is 44.9 Å². The van der Waals surface area contributed by atoms with Crippen molar-refractivity contribution in [3.8, 4) is 6.07 Å². The van der Waals surface area contributed by atoms with Crippen LogP contribution in [0.25, 0.3) is 0 Å². The quantitative estimate of drug-likeness (QED) is 0.602. The van der Waals surface area contributed by atoms with Crippen LogP contribution in [-0.2, 0) is 14.4 Å². The third-order valence-electron chi connectivity index (χ3n) is 3.41. The predicted molar refractivity (Wildman–Crippen MR) is 70.8 cm³/mol. The number of carboxylic acid groups (broad SMARTS) is 1. The molecule has 2 amide bonds. The summed E-state index contributed by atoms with van der Waals surface area (Å²) in [5.74, 6) is -2.74. The highest BCUT2D eigenvalue weighted by atomic mass is 16.4. The van der Waals surface area contributed by atoms with Crippen LogP contribution >= 0.6 is 0 Å². The number of likely N-dealkylation sites (tertiary alicyclic amines) is 1. The Hall–Kier alpha value is -2.14. The molecule has 1 saturated heterocycles. The van der Waals surface area contributed by atoms with E-state index in [-0.39, 0.29) is 25.3 Å². The molecule has 116 valence electrons. The van der Waals surface area contributed by atoms with Crippen LogP contribution in [0.1, 0.15) is 26.7 Å². The summed E-state index contributed by atoms with van der Waals surface area (Å²) in [4.78, 5) is 35.9. The van der Waals surface area contributed by atoms with E-state index in [1.807, 2.05) is 6.07 Å². The first kappa shape index (κ1) is 16.9. The van der Waals surface area contributed by atoms with Gasteiger partial charge in [0.25, 0.3) is 0 Å². The predicted octanol–water partition coefficient (Wildman–Crippen LogP) is -0.913.